The summed E-state index contributed by atoms with van der Waals surface area (Å²) in [7, 11) is 0. The molecule has 6 heteroatoms. The first kappa shape index (κ1) is 17.4. The van der Waals surface area contributed by atoms with E-state index in [1.807, 2.05) is 0 Å². The molecule has 0 aliphatic heterocycles. The van der Waals surface area contributed by atoms with E-state index < -0.39 is 5.97 Å². The Labute approximate surface area is 138 Å². The number of benzene rings is 2. The quantitative estimate of drug-likeness (QED) is 0.367. The van der Waals surface area contributed by atoms with Crippen LogP contribution in [0.3, 0.4) is 0 Å². The summed E-state index contributed by atoms with van der Waals surface area (Å²) in [6.45, 7) is -0.164. The van der Waals surface area contributed by atoms with E-state index in [-0.39, 0.29) is 30.5 Å². The third-order valence-corrected chi connectivity index (χ3v) is 3.36. The summed E-state index contributed by atoms with van der Waals surface area (Å²) in [4.78, 5) is 11.7. The van der Waals surface area contributed by atoms with Gasteiger partial charge in [0, 0.05) is 18.1 Å². The Morgan fingerprint density at radius 2 is 1.75 bits per heavy atom. The van der Waals surface area contributed by atoms with Gasteiger partial charge in [0.05, 0.1) is 13.2 Å². The van der Waals surface area contributed by atoms with Crippen molar-refractivity contribution >= 4 is 12.0 Å². The molecule has 0 saturated carbocycles. The zero-order valence-corrected chi connectivity index (χ0v) is 12.8. The second-order valence-electron chi connectivity index (χ2n) is 5.12. The Balaban J connectivity index is 1.85. The molecular formula is C18H18O6. The van der Waals surface area contributed by atoms with Crippen LogP contribution in [0.4, 0.5) is 0 Å². The molecule has 2 rings (SSSR count). The van der Waals surface area contributed by atoms with Crippen LogP contribution in [0.25, 0.3) is 6.08 Å². The van der Waals surface area contributed by atoms with Gasteiger partial charge in [-0.1, -0.05) is 12.1 Å². The Hall–Kier alpha value is -2.99. The van der Waals surface area contributed by atoms with Crippen LogP contribution in [0, 0.1) is 0 Å². The molecule has 0 atom stereocenters. The summed E-state index contributed by atoms with van der Waals surface area (Å²) in [5.41, 5.74) is 1.75. The van der Waals surface area contributed by atoms with Gasteiger partial charge >= 0.3 is 5.97 Å². The maximum atomic E-state index is 11.7. The first-order valence-corrected chi connectivity index (χ1v) is 7.28. The van der Waals surface area contributed by atoms with Crippen molar-refractivity contribution in [2.75, 3.05) is 6.61 Å². The molecule has 0 aromatic heterocycles. The molecule has 4 N–H and O–H groups in total. The molecule has 0 bridgehead atoms. The number of hydrogen-bond donors (Lipinski definition) is 4. The number of rotatable bonds is 6. The molecule has 0 saturated heterocycles. The van der Waals surface area contributed by atoms with Crippen molar-refractivity contribution < 1.29 is 30.0 Å². The van der Waals surface area contributed by atoms with Crippen LogP contribution in [0.2, 0.25) is 0 Å². The topological polar surface area (TPSA) is 107 Å². The van der Waals surface area contributed by atoms with Gasteiger partial charge in [0.1, 0.15) is 5.75 Å². The molecule has 2 aromatic carbocycles. The van der Waals surface area contributed by atoms with E-state index in [2.05, 4.69) is 0 Å². The molecule has 6 nitrogen and oxygen atoms in total. The lowest BCUT2D eigenvalue weighted by atomic mass is 10.1. The van der Waals surface area contributed by atoms with E-state index >= 15 is 0 Å². The minimum atomic E-state index is -0.531. The molecule has 0 amide bonds. The summed E-state index contributed by atoms with van der Waals surface area (Å²) in [6, 6.07) is 9.02. The molecule has 0 spiro atoms. The van der Waals surface area contributed by atoms with Crippen molar-refractivity contribution in [2.45, 2.75) is 13.0 Å². The maximum absolute atomic E-state index is 11.7. The highest BCUT2D eigenvalue weighted by atomic mass is 16.5. The van der Waals surface area contributed by atoms with Gasteiger partial charge in [0.2, 0.25) is 0 Å². The number of carbonyl (C=O) groups is 1. The number of aromatic hydroxyl groups is 3. The fourth-order valence-corrected chi connectivity index (χ4v) is 2.04. The van der Waals surface area contributed by atoms with E-state index in [9.17, 15) is 20.1 Å². The minimum absolute atomic E-state index is 0.00521. The number of esters is 1. The van der Waals surface area contributed by atoms with Crippen molar-refractivity contribution in [1.82, 2.24) is 0 Å². The predicted molar refractivity (Wildman–Crippen MR) is 87.5 cm³/mol. The second-order valence-corrected chi connectivity index (χ2v) is 5.12. The number of ether oxygens (including phenoxy) is 1. The SMILES string of the molecule is O=C(C=Cc1ccc(O)c(CO)c1)OCCc1ccc(O)c(O)c1. The molecule has 0 heterocycles. The Kier molecular flexibility index (Phi) is 5.81. The number of hydrogen-bond acceptors (Lipinski definition) is 6. The smallest absolute Gasteiger partial charge is 0.330 e. The molecule has 0 fully saturated rings. The normalized spacial score (nSPS) is 10.9. The zero-order valence-electron chi connectivity index (χ0n) is 12.8. The van der Waals surface area contributed by atoms with Gasteiger partial charge in [0.25, 0.3) is 0 Å². The van der Waals surface area contributed by atoms with E-state index in [4.69, 9.17) is 9.84 Å². The molecule has 0 aliphatic rings. The molecule has 0 unspecified atom stereocenters. The van der Waals surface area contributed by atoms with Crippen molar-refractivity contribution in [2.24, 2.45) is 0 Å². The molecule has 2 aromatic rings. The molecule has 0 aliphatic carbocycles. The standard InChI is InChI=1S/C18H18O6/c19-11-14-9-12(1-4-15(14)20)3-6-18(23)24-8-7-13-2-5-16(21)17(22)10-13/h1-6,9-10,19-22H,7-8,11H2. The summed E-state index contributed by atoms with van der Waals surface area (Å²) in [6.07, 6.45) is 3.18. The lowest BCUT2D eigenvalue weighted by Gasteiger charge is -2.04. The van der Waals surface area contributed by atoms with Crippen LogP contribution < -0.4 is 0 Å². The van der Waals surface area contributed by atoms with E-state index in [1.54, 1.807) is 18.2 Å². The fourth-order valence-electron chi connectivity index (χ4n) is 2.04. The molecular weight excluding hydrogens is 312 g/mol. The fraction of sp³-hybridized carbons (Fsp3) is 0.167. The van der Waals surface area contributed by atoms with Crippen LogP contribution in [-0.4, -0.2) is 33.0 Å². The van der Waals surface area contributed by atoms with Gasteiger partial charge in [-0.2, -0.15) is 0 Å². The molecule has 126 valence electrons. The monoisotopic (exact) mass is 330 g/mol. The number of carbonyl (C=O) groups excluding carboxylic acids is 1. The zero-order chi connectivity index (χ0) is 17.5. The largest absolute Gasteiger partial charge is 0.508 e. The number of aliphatic hydroxyl groups is 1. The Bertz CT molecular complexity index is 751. The Morgan fingerprint density at radius 1 is 1.00 bits per heavy atom. The molecule has 0 radical (unpaired) electrons. The van der Waals surface area contributed by atoms with Crippen molar-refractivity contribution in [3.05, 3.63) is 59.2 Å². The highest BCUT2D eigenvalue weighted by Gasteiger charge is 2.03. The first-order chi connectivity index (χ1) is 11.5. The highest BCUT2D eigenvalue weighted by molar-refractivity contribution is 5.87. The van der Waals surface area contributed by atoms with Gasteiger partial charge in [-0.25, -0.2) is 4.79 Å². The van der Waals surface area contributed by atoms with Crippen LogP contribution >= 0.6 is 0 Å². The maximum Gasteiger partial charge on any atom is 0.330 e. The number of phenolic OH excluding ortho intramolecular Hbond substituents is 2. The molecule has 24 heavy (non-hydrogen) atoms. The second kappa shape index (κ2) is 8.03. The van der Waals surface area contributed by atoms with Crippen LogP contribution in [0.5, 0.6) is 17.2 Å². The van der Waals surface area contributed by atoms with E-state index in [1.165, 1.54) is 30.4 Å². The summed E-state index contributed by atoms with van der Waals surface area (Å²) >= 11 is 0. The van der Waals surface area contributed by atoms with Gasteiger partial charge in [-0.3, -0.25) is 0 Å². The van der Waals surface area contributed by atoms with Crippen LogP contribution in [-0.2, 0) is 22.6 Å². The number of phenols is 3. The third-order valence-electron chi connectivity index (χ3n) is 3.36. The minimum Gasteiger partial charge on any atom is -0.508 e. The van der Waals surface area contributed by atoms with Gasteiger partial charge in [-0.05, 0) is 41.5 Å². The average Bonchev–Trinajstić information content (AvgIpc) is 2.57. The predicted octanol–water partition coefficient (Wildman–Crippen LogP) is 2.09. The average molecular weight is 330 g/mol. The van der Waals surface area contributed by atoms with Gasteiger partial charge < -0.3 is 25.2 Å². The van der Waals surface area contributed by atoms with Crippen molar-refractivity contribution in [3.8, 4) is 17.2 Å². The van der Waals surface area contributed by atoms with Crippen molar-refractivity contribution in [1.29, 1.82) is 0 Å². The van der Waals surface area contributed by atoms with Gasteiger partial charge in [-0.15, -0.1) is 0 Å². The lowest BCUT2D eigenvalue weighted by Crippen LogP contribution is -2.04. The van der Waals surface area contributed by atoms with Crippen molar-refractivity contribution in [3.63, 3.8) is 0 Å². The summed E-state index contributed by atoms with van der Waals surface area (Å²) in [5, 5.41) is 37.1. The number of aliphatic hydroxyl groups excluding tert-OH is 1. The summed E-state index contributed by atoms with van der Waals surface area (Å²) in [5.74, 6) is -0.952. The van der Waals surface area contributed by atoms with Crippen LogP contribution in [0.1, 0.15) is 16.7 Å². The van der Waals surface area contributed by atoms with Gasteiger partial charge in [0.15, 0.2) is 11.5 Å². The van der Waals surface area contributed by atoms with Crippen LogP contribution in [0.15, 0.2) is 42.5 Å². The van der Waals surface area contributed by atoms with E-state index in [0.29, 0.717) is 17.5 Å². The lowest BCUT2D eigenvalue weighted by molar-refractivity contribution is -0.137. The summed E-state index contributed by atoms with van der Waals surface area (Å²) < 4.78 is 5.05. The van der Waals surface area contributed by atoms with E-state index in [0.717, 1.165) is 5.56 Å². The Morgan fingerprint density at radius 3 is 2.46 bits per heavy atom. The first-order valence-electron chi connectivity index (χ1n) is 7.28. The highest BCUT2D eigenvalue weighted by Crippen LogP contribution is 2.25. The third kappa shape index (κ3) is 4.76.